The maximum absolute atomic E-state index is 11.5. The molecule has 0 aromatic rings. The lowest BCUT2D eigenvalue weighted by Crippen LogP contribution is -2.41. The third kappa shape index (κ3) is 4.75. The van der Waals surface area contributed by atoms with Gasteiger partial charge in [0.25, 0.3) is 0 Å². The van der Waals surface area contributed by atoms with Gasteiger partial charge in [0, 0.05) is 5.25 Å². The minimum atomic E-state index is -3.03. The summed E-state index contributed by atoms with van der Waals surface area (Å²) < 4.78 is 27.6. The summed E-state index contributed by atoms with van der Waals surface area (Å²) in [5.41, 5.74) is 0. The summed E-state index contributed by atoms with van der Waals surface area (Å²) in [5.74, 6) is 1.10. The van der Waals surface area contributed by atoms with Crippen molar-refractivity contribution < 1.29 is 17.9 Å². The average Bonchev–Trinajstić information content (AvgIpc) is 2.53. The van der Waals surface area contributed by atoms with Gasteiger partial charge in [-0.1, -0.05) is 13.3 Å². The molecule has 0 spiro atoms. The van der Waals surface area contributed by atoms with Gasteiger partial charge in [-0.2, -0.15) is 11.8 Å². The van der Waals surface area contributed by atoms with E-state index < -0.39 is 15.9 Å². The zero-order valence-electron chi connectivity index (χ0n) is 10.1. The van der Waals surface area contributed by atoms with Crippen molar-refractivity contribution in [3.05, 3.63) is 0 Å². The molecule has 1 heterocycles. The van der Waals surface area contributed by atoms with E-state index in [-0.39, 0.29) is 22.8 Å². The first kappa shape index (κ1) is 14.6. The summed E-state index contributed by atoms with van der Waals surface area (Å²) in [6, 6.07) is -0.325. The van der Waals surface area contributed by atoms with Gasteiger partial charge in [-0.05, 0) is 12.2 Å². The Morgan fingerprint density at radius 1 is 1.47 bits per heavy atom. The van der Waals surface area contributed by atoms with E-state index in [9.17, 15) is 13.2 Å². The molecule has 0 bridgehead atoms. The molecule has 1 amide bonds. The van der Waals surface area contributed by atoms with Crippen molar-refractivity contribution in [1.82, 2.24) is 5.32 Å². The molecule has 5 nitrogen and oxygen atoms in total. The van der Waals surface area contributed by atoms with Crippen LogP contribution in [0.4, 0.5) is 4.79 Å². The summed E-state index contributed by atoms with van der Waals surface area (Å²) in [6.07, 6.45) is 1.58. The van der Waals surface area contributed by atoms with Crippen LogP contribution in [0.2, 0.25) is 0 Å². The fourth-order valence-corrected chi connectivity index (χ4v) is 5.72. The molecule has 1 aliphatic rings. The van der Waals surface area contributed by atoms with E-state index in [1.165, 1.54) is 7.11 Å². The number of carbonyl (C=O) groups is 1. The van der Waals surface area contributed by atoms with Crippen molar-refractivity contribution in [1.29, 1.82) is 0 Å². The van der Waals surface area contributed by atoms with Crippen LogP contribution < -0.4 is 5.32 Å². The van der Waals surface area contributed by atoms with E-state index in [2.05, 4.69) is 17.0 Å². The van der Waals surface area contributed by atoms with Gasteiger partial charge < -0.3 is 10.1 Å². The van der Waals surface area contributed by atoms with E-state index in [1.54, 1.807) is 11.8 Å². The highest BCUT2D eigenvalue weighted by Gasteiger charge is 2.38. The van der Waals surface area contributed by atoms with Crippen LogP contribution in [-0.2, 0) is 14.6 Å². The molecule has 1 fully saturated rings. The third-order valence-corrected chi connectivity index (χ3v) is 6.01. The van der Waals surface area contributed by atoms with Gasteiger partial charge in [0.15, 0.2) is 9.84 Å². The van der Waals surface area contributed by atoms with Crippen molar-refractivity contribution in [3.63, 3.8) is 0 Å². The van der Waals surface area contributed by atoms with E-state index in [1.807, 2.05) is 0 Å². The summed E-state index contributed by atoms with van der Waals surface area (Å²) >= 11 is 1.62. The van der Waals surface area contributed by atoms with Crippen molar-refractivity contribution in [2.24, 2.45) is 0 Å². The Morgan fingerprint density at radius 3 is 2.76 bits per heavy atom. The molecule has 1 rings (SSSR count). The average molecular weight is 281 g/mol. The predicted octanol–water partition coefficient (Wildman–Crippen LogP) is 1.04. The molecule has 1 N–H and O–H groups in total. The second-order valence-corrected chi connectivity index (χ2v) is 7.58. The maximum Gasteiger partial charge on any atom is 0.407 e. The normalized spacial score (nSPS) is 26.7. The van der Waals surface area contributed by atoms with Crippen LogP contribution in [0.1, 0.15) is 19.8 Å². The van der Waals surface area contributed by atoms with Crippen LogP contribution >= 0.6 is 11.8 Å². The monoisotopic (exact) mass is 281 g/mol. The number of alkyl carbamates (subject to hydrolysis) is 1. The van der Waals surface area contributed by atoms with Crippen LogP contribution in [0, 0.1) is 0 Å². The maximum atomic E-state index is 11.5. The molecule has 2 atom stereocenters. The Labute approximate surface area is 107 Å². The quantitative estimate of drug-likeness (QED) is 0.762. The largest absolute Gasteiger partial charge is 0.453 e. The molecule has 0 radical (unpaired) electrons. The lowest BCUT2D eigenvalue weighted by molar-refractivity contribution is 0.168. The lowest BCUT2D eigenvalue weighted by atomic mass is 10.2. The summed E-state index contributed by atoms with van der Waals surface area (Å²) in [7, 11) is -1.75. The molecule has 7 heteroatoms. The number of carbonyl (C=O) groups excluding carboxylic acids is 1. The highest BCUT2D eigenvalue weighted by molar-refractivity contribution is 8.01. The first-order valence-electron chi connectivity index (χ1n) is 5.65. The summed E-state index contributed by atoms with van der Waals surface area (Å²) in [5, 5.41) is 2.55. The van der Waals surface area contributed by atoms with Crippen LogP contribution in [0.5, 0.6) is 0 Å². The van der Waals surface area contributed by atoms with E-state index in [0.29, 0.717) is 0 Å². The minimum absolute atomic E-state index is 0.0197. The van der Waals surface area contributed by atoms with Gasteiger partial charge in [0.1, 0.15) is 0 Å². The fraction of sp³-hybridized carbons (Fsp3) is 0.900. The zero-order valence-corrected chi connectivity index (χ0v) is 11.8. The highest BCUT2D eigenvalue weighted by atomic mass is 32.2. The standard InChI is InChI=1S/C10H19NO4S2/c1-3-4-5-16-9-7-17(13,14)6-8(9)11-10(12)15-2/h8-9H,3-7H2,1-2H3,(H,11,12)/t8-,9+/m1/s1. The van der Waals surface area contributed by atoms with E-state index >= 15 is 0 Å². The van der Waals surface area contributed by atoms with Crippen LogP contribution in [0.3, 0.4) is 0 Å². The summed E-state index contributed by atoms with van der Waals surface area (Å²) in [4.78, 5) is 11.1. The minimum Gasteiger partial charge on any atom is -0.453 e. The fourth-order valence-electron chi connectivity index (χ4n) is 1.70. The number of nitrogens with one attached hydrogen (secondary N) is 1. The van der Waals surface area contributed by atoms with Gasteiger partial charge in [-0.25, -0.2) is 13.2 Å². The molecule has 0 saturated carbocycles. The predicted molar refractivity (Wildman–Crippen MR) is 69.1 cm³/mol. The SMILES string of the molecule is CCCCS[C@H]1CS(=O)(=O)C[C@H]1NC(=O)OC. The second-order valence-electron chi connectivity index (χ2n) is 4.08. The van der Waals surface area contributed by atoms with Gasteiger partial charge in [-0.3, -0.25) is 0 Å². The van der Waals surface area contributed by atoms with Crippen LogP contribution in [-0.4, -0.2) is 50.2 Å². The molecular formula is C10H19NO4S2. The van der Waals surface area contributed by atoms with Crippen LogP contribution in [0.25, 0.3) is 0 Å². The number of sulfone groups is 1. The Bertz CT molecular complexity index is 355. The number of ether oxygens (including phenoxy) is 1. The number of thioether (sulfide) groups is 1. The molecule has 0 unspecified atom stereocenters. The molecule has 0 aliphatic carbocycles. The van der Waals surface area contributed by atoms with Crippen molar-refractivity contribution >= 4 is 27.7 Å². The molecule has 1 aliphatic heterocycles. The van der Waals surface area contributed by atoms with Gasteiger partial charge in [0.05, 0.1) is 24.7 Å². The first-order valence-corrected chi connectivity index (χ1v) is 8.52. The number of hydrogen-bond acceptors (Lipinski definition) is 5. The smallest absolute Gasteiger partial charge is 0.407 e. The first-order chi connectivity index (χ1) is 7.98. The Kier molecular flexibility index (Phi) is 5.58. The van der Waals surface area contributed by atoms with E-state index in [4.69, 9.17) is 0 Å². The number of unbranched alkanes of at least 4 members (excludes halogenated alkanes) is 1. The van der Waals surface area contributed by atoms with Crippen molar-refractivity contribution in [2.45, 2.75) is 31.1 Å². The topological polar surface area (TPSA) is 72.5 Å². The zero-order chi connectivity index (χ0) is 12.9. The second kappa shape index (κ2) is 6.49. The lowest BCUT2D eigenvalue weighted by Gasteiger charge is -2.18. The van der Waals surface area contributed by atoms with E-state index in [0.717, 1.165) is 18.6 Å². The van der Waals surface area contributed by atoms with Gasteiger partial charge in [0.2, 0.25) is 0 Å². The van der Waals surface area contributed by atoms with Crippen molar-refractivity contribution in [2.75, 3.05) is 24.4 Å². The Hall–Kier alpha value is -0.430. The number of methoxy groups -OCH3 is 1. The molecule has 0 aromatic heterocycles. The van der Waals surface area contributed by atoms with Crippen LogP contribution in [0.15, 0.2) is 0 Å². The summed E-state index contributed by atoms with van der Waals surface area (Å²) in [6.45, 7) is 2.09. The van der Waals surface area contributed by atoms with Gasteiger partial charge in [-0.15, -0.1) is 0 Å². The Morgan fingerprint density at radius 2 is 2.18 bits per heavy atom. The third-order valence-electron chi connectivity index (χ3n) is 2.62. The van der Waals surface area contributed by atoms with Gasteiger partial charge >= 0.3 is 6.09 Å². The molecule has 0 aromatic carbocycles. The number of rotatable bonds is 5. The number of hydrogen-bond donors (Lipinski definition) is 1. The number of amides is 1. The Balaban J connectivity index is 2.55. The molecule has 1 saturated heterocycles. The van der Waals surface area contributed by atoms with Crippen molar-refractivity contribution in [3.8, 4) is 0 Å². The molecule has 17 heavy (non-hydrogen) atoms. The highest BCUT2D eigenvalue weighted by Crippen LogP contribution is 2.25. The molecular weight excluding hydrogens is 262 g/mol. The molecule has 100 valence electrons.